The van der Waals surface area contributed by atoms with E-state index in [1.165, 1.54) is 6.20 Å². The third kappa shape index (κ3) is 2.64. The number of imidazole rings is 1. The summed E-state index contributed by atoms with van der Waals surface area (Å²) in [5, 5.41) is 2.11. The van der Waals surface area contributed by atoms with Crippen LogP contribution in [0.25, 0.3) is 33.3 Å². The van der Waals surface area contributed by atoms with E-state index in [4.69, 9.17) is 4.42 Å². The maximum Gasteiger partial charge on any atom is 0.325 e. The van der Waals surface area contributed by atoms with Crippen molar-refractivity contribution >= 4 is 21.9 Å². The van der Waals surface area contributed by atoms with E-state index in [2.05, 4.69) is 15.0 Å². The summed E-state index contributed by atoms with van der Waals surface area (Å²) < 4.78 is 8.09. The van der Waals surface area contributed by atoms with Crippen molar-refractivity contribution in [3.8, 4) is 11.4 Å². The zero-order valence-corrected chi connectivity index (χ0v) is 14.8. The van der Waals surface area contributed by atoms with Crippen LogP contribution >= 0.6 is 0 Å². The molecule has 28 heavy (non-hydrogen) atoms. The van der Waals surface area contributed by atoms with Crippen LogP contribution in [0.2, 0.25) is 0 Å². The molecule has 0 aliphatic carbocycles. The fraction of sp³-hybridized carbons (Fsp3) is 0.0952. The average molecular weight is 372 g/mol. The first kappa shape index (κ1) is 16.3. The van der Waals surface area contributed by atoms with Crippen molar-refractivity contribution in [2.45, 2.75) is 13.0 Å². The Morgan fingerprint density at radius 1 is 1.04 bits per heavy atom. The minimum absolute atomic E-state index is 0.371. The van der Waals surface area contributed by atoms with Crippen molar-refractivity contribution < 1.29 is 4.42 Å². The van der Waals surface area contributed by atoms with E-state index in [0.29, 0.717) is 18.5 Å². The number of para-hydroxylation sites is 2. The van der Waals surface area contributed by atoms with E-state index >= 15 is 0 Å². The Balaban J connectivity index is 1.56. The number of hydrogen-bond donors (Lipinski definition) is 2. The van der Waals surface area contributed by atoms with Gasteiger partial charge in [-0.25, -0.2) is 9.78 Å². The topological polar surface area (TPSA) is 96.7 Å². The van der Waals surface area contributed by atoms with Crippen LogP contribution in [0.15, 0.2) is 75.1 Å². The number of H-pyrrole nitrogens is 2. The smallest absolute Gasteiger partial charge is 0.325 e. The van der Waals surface area contributed by atoms with Crippen molar-refractivity contribution in [1.82, 2.24) is 19.5 Å². The summed E-state index contributed by atoms with van der Waals surface area (Å²) >= 11 is 0. The van der Waals surface area contributed by atoms with Gasteiger partial charge in [-0.1, -0.05) is 30.3 Å². The molecule has 0 unspecified atom stereocenters. The molecule has 0 saturated carbocycles. The van der Waals surface area contributed by atoms with E-state index in [-0.39, 0.29) is 5.56 Å². The molecule has 0 spiro atoms. The van der Waals surface area contributed by atoms with Crippen LogP contribution in [0, 0.1) is 0 Å². The molecule has 7 nitrogen and oxygen atoms in total. The van der Waals surface area contributed by atoms with Crippen molar-refractivity contribution in [1.29, 1.82) is 0 Å². The quantitative estimate of drug-likeness (QED) is 0.507. The number of aryl methyl sites for hydroxylation is 2. The summed E-state index contributed by atoms with van der Waals surface area (Å²) in [6.45, 7) is 0.543. The Morgan fingerprint density at radius 3 is 2.79 bits per heavy atom. The SMILES string of the molecule is O=c1[nH]cc(CCn2ccnc2-c2cccc3c2oc2ccccc23)c(=O)[nH]1. The monoisotopic (exact) mass is 372 g/mol. The molecule has 0 atom stereocenters. The van der Waals surface area contributed by atoms with E-state index in [1.807, 2.05) is 53.2 Å². The van der Waals surface area contributed by atoms with Gasteiger partial charge < -0.3 is 14.0 Å². The number of fused-ring (bicyclic) bond motifs is 3. The molecule has 138 valence electrons. The Morgan fingerprint density at radius 2 is 1.89 bits per heavy atom. The largest absolute Gasteiger partial charge is 0.455 e. The van der Waals surface area contributed by atoms with Crippen molar-refractivity contribution in [3.63, 3.8) is 0 Å². The van der Waals surface area contributed by atoms with Gasteiger partial charge >= 0.3 is 5.69 Å². The van der Waals surface area contributed by atoms with E-state index in [9.17, 15) is 9.59 Å². The van der Waals surface area contributed by atoms with Crippen molar-refractivity contribution in [2.75, 3.05) is 0 Å². The number of hydrogen-bond acceptors (Lipinski definition) is 4. The second kappa shape index (κ2) is 6.38. The maximum absolute atomic E-state index is 11.9. The second-order valence-electron chi connectivity index (χ2n) is 6.57. The Hall–Kier alpha value is -3.87. The lowest BCUT2D eigenvalue weighted by molar-refractivity contribution is 0.665. The number of rotatable bonds is 4. The van der Waals surface area contributed by atoms with Gasteiger partial charge in [-0.15, -0.1) is 0 Å². The van der Waals surface area contributed by atoms with Gasteiger partial charge in [0.2, 0.25) is 0 Å². The molecule has 5 rings (SSSR count). The lowest BCUT2D eigenvalue weighted by Crippen LogP contribution is -2.25. The van der Waals surface area contributed by atoms with Gasteiger partial charge in [0.15, 0.2) is 0 Å². The first-order chi connectivity index (χ1) is 13.7. The second-order valence-corrected chi connectivity index (χ2v) is 6.57. The number of nitrogens with zero attached hydrogens (tertiary/aromatic N) is 2. The lowest BCUT2D eigenvalue weighted by Gasteiger charge is -2.08. The Labute approximate surface area is 158 Å². The Kier molecular flexibility index (Phi) is 3.72. The molecule has 2 N–H and O–H groups in total. The molecular weight excluding hydrogens is 356 g/mol. The van der Waals surface area contributed by atoms with Crippen LogP contribution in [-0.2, 0) is 13.0 Å². The van der Waals surface area contributed by atoms with Crippen molar-refractivity contribution in [2.24, 2.45) is 0 Å². The number of aromatic amines is 2. The Bertz CT molecular complexity index is 1420. The molecule has 0 aliphatic heterocycles. The first-order valence-electron chi connectivity index (χ1n) is 8.93. The molecule has 7 heteroatoms. The number of nitrogens with one attached hydrogen (secondary N) is 2. The summed E-state index contributed by atoms with van der Waals surface area (Å²) in [6.07, 6.45) is 5.52. The van der Waals surface area contributed by atoms with Gasteiger partial charge in [0.05, 0.1) is 5.56 Å². The predicted octanol–water partition coefficient (Wildman–Crippen LogP) is 3.07. The number of benzene rings is 2. The highest BCUT2D eigenvalue weighted by atomic mass is 16.3. The summed E-state index contributed by atoms with van der Waals surface area (Å²) in [7, 11) is 0. The summed E-state index contributed by atoms with van der Waals surface area (Å²) in [4.78, 5) is 32.4. The summed E-state index contributed by atoms with van der Waals surface area (Å²) in [5.74, 6) is 0.769. The van der Waals surface area contributed by atoms with Crippen LogP contribution in [0.5, 0.6) is 0 Å². The highest BCUT2D eigenvalue weighted by molar-refractivity contribution is 6.08. The minimum atomic E-state index is -0.506. The standard InChI is InChI=1S/C21H16N4O3/c26-20-13(12-23-21(27)24-20)8-10-25-11-9-22-19(25)16-6-3-5-15-14-4-1-2-7-17(14)28-18(15)16/h1-7,9,11-12H,8,10H2,(H2,23,24,26,27). The summed E-state index contributed by atoms with van der Waals surface area (Å²) in [6, 6.07) is 14.0. The van der Waals surface area contributed by atoms with E-state index in [1.54, 1.807) is 6.20 Å². The van der Waals surface area contributed by atoms with Crippen LogP contribution in [-0.4, -0.2) is 19.5 Å². The van der Waals surface area contributed by atoms with Crippen LogP contribution in [0.3, 0.4) is 0 Å². The van der Waals surface area contributed by atoms with Gasteiger partial charge in [0.25, 0.3) is 5.56 Å². The minimum Gasteiger partial charge on any atom is -0.455 e. The third-order valence-corrected chi connectivity index (χ3v) is 4.88. The zero-order valence-electron chi connectivity index (χ0n) is 14.8. The van der Waals surface area contributed by atoms with Crippen molar-refractivity contribution in [3.05, 3.63) is 87.5 Å². The molecule has 0 aliphatic rings. The fourth-order valence-electron chi connectivity index (χ4n) is 3.52. The molecular formula is C21H16N4O3. The molecule has 2 aromatic carbocycles. The van der Waals surface area contributed by atoms with Crippen LogP contribution in [0.4, 0.5) is 0 Å². The molecule has 0 radical (unpaired) electrons. The molecule has 3 heterocycles. The first-order valence-corrected chi connectivity index (χ1v) is 8.93. The third-order valence-electron chi connectivity index (χ3n) is 4.88. The van der Waals surface area contributed by atoms with E-state index < -0.39 is 5.69 Å². The molecule has 5 aromatic rings. The molecule has 0 bridgehead atoms. The number of furan rings is 1. The van der Waals surface area contributed by atoms with Gasteiger partial charge in [-0.3, -0.25) is 9.78 Å². The van der Waals surface area contributed by atoms with Gasteiger partial charge in [0, 0.05) is 41.5 Å². The van der Waals surface area contributed by atoms with Gasteiger partial charge in [-0.2, -0.15) is 0 Å². The highest BCUT2D eigenvalue weighted by Gasteiger charge is 2.15. The molecule has 0 amide bonds. The summed E-state index contributed by atoms with van der Waals surface area (Å²) in [5.41, 5.74) is 2.16. The zero-order chi connectivity index (χ0) is 19.1. The van der Waals surface area contributed by atoms with Gasteiger partial charge in [-0.05, 0) is 18.6 Å². The fourth-order valence-corrected chi connectivity index (χ4v) is 3.52. The van der Waals surface area contributed by atoms with Gasteiger partial charge in [0.1, 0.15) is 17.0 Å². The van der Waals surface area contributed by atoms with Crippen LogP contribution < -0.4 is 11.2 Å². The molecule has 0 saturated heterocycles. The molecule has 0 fully saturated rings. The molecule has 3 aromatic heterocycles. The predicted molar refractivity (Wildman–Crippen MR) is 106 cm³/mol. The normalized spacial score (nSPS) is 11.4. The maximum atomic E-state index is 11.9. The highest BCUT2D eigenvalue weighted by Crippen LogP contribution is 2.34. The average Bonchev–Trinajstić information content (AvgIpc) is 3.31. The van der Waals surface area contributed by atoms with Crippen LogP contribution in [0.1, 0.15) is 5.56 Å². The number of aromatic nitrogens is 4. The van der Waals surface area contributed by atoms with E-state index in [0.717, 1.165) is 33.3 Å². The lowest BCUT2D eigenvalue weighted by atomic mass is 10.1.